The van der Waals surface area contributed by atoms with E-state index in [1.165, 1.54) is 33.9 Å². The summed E-state index contributed by atoms with van der Waals surface area (Å²) < 4.78 is 11.1. The molecule has 5 nitrogen and oxygen atoms in total. The van der Waals surface area contributed by atoms with E-state index in [2.05, 4.69) is 215 Å². The summed E-state index contributed by atoms with van der Waals surface area (Å²) in [6.45, 7) is 20.3. The number of rotatable bonds is 17. The molecule has 0 spiro atoms. The largest absolute Gasteiger partial charge is 0.458 e. The minimum absolute atomic E-state index is 0.190. The Hall–Kier alpha value is -7.21. The van der Waals surface area contributed by atoms with Crippen molar-refractivity contribution < 1.29 is 14.3 Å². The van der Waals surface area contributed by atoms with Crippen LogP contribution in [-0.4, -0.2) is 12.6 Å². The fraction of sp³-hybridized carbons (Fsp3) is 0.155. The molecule has 0 aliphatic heterocycles. The molecule has 0 aromatic heterocycles. The number of ether oxygens (including phenoxy) is 2. The number of hydrogen-bond donors (Lipinski definition) is 0. The lowest BCUT2D eigenvalue weighted by molar-refractivity contribution is -0.138. The van der Waals surface area contributed by atoms with Gasteiger partial charge in [0.05, 0.1) is 6.61 Å². The van der Waals surface area contributed by atoms with E-state index < -0.39 is 5.97 Å². The molecule has 7 rings (SSSR count). The first-order valence-corrected chi connectivity index (χ1v) is 21.6. The minimum atomic E-state index is -0.439. The van der Waals surface area contributed by atoms with Gasteiger partial charge in [-0.05, 0) is 174 Å². The second kappa shape index (κ2) is 20.6. The van der Waals surface area contributed by atoms with Gasteiger partial charge in [-0.3, -0.25) is 0 Å². The summed E-state index contributed by atoms with van der Waals surface area (Å²) in [7, 11) is 0. The molecule has 0 radical (unpaired) electrons. The highest BCUT2D eigenvalue weighted by Crippen LogP contribution is 2.38. The number of hydrogen-bond acceptors (Lipinski definition) is 5. The van der Waals surface area contributed by atoms with Crippen LogP contribution in [0.5, 0.6) is 0 Å². The maximum Gasteiger partial charge on any atom is 0.330 e. The third-order valence-corrected chi connectivity index (χ3v) is 11.4. The molecule has 0 saturated heterocycles. The Kier molecular flexibility index (Phi) is 14.3. The van der Waals surface area contributed by atoms with Gasteiger partial charge >= 0.3 is 5.97 Å². The van der Waals surface area contributed by atoms with Crippen molar-refractivity contribution in [2.24, 2.45) is 0 Å². The lowest BCUT2D eigenvalue weighted by Gasteiger charge is -2.26. The highest BCUT2D eigenvalue weighted by Gasteiger charge is 2.16. The molecule has 63 heavy (non-hydrogen) atoms. The normalized spacial score (nSPS) is 11.1. The van der Waals surface area contributed by atoms with Crippen molar-refractivity contribution in [2.45, 2.75) is 54.3 Å². The van der Waals surface area contributed by atoms with Gasteiger partial charge in [0.2, 0.25) is 0 Å². The number of anilines is 6. The first kappa shape index (κ1) is 43.9. The maximum absolute atomic E-state index is 11.6. The lowest BCUT2D eigenvalue weighted by Crippen LogP contribution is -2.10. The van der Waals surface area contributed by atoms with Crippen molar-refractivity contribution in [2.75, 3.05) is 16.4 Å². The fourth-order valence-corrected chi connectivity index (χ4v) is 7.39. The zero-order valence-electron chi connectivity index (χ0n) is 37.1. The fourth-order valence-electron chi connectivity index (χ4n) is 7.39. The van der Waals surface area contributed by atoms with Crippen LogP contribution < -0.4 is 9.80 Å². The minimum Gasteiger partial charge on any atom is -0.458 e. The van der Waals surface area contributed by atoms with Crippen LogP contribution in [0.1, 0.15) is 69.0 Å². The Morgan fingerprint density at radius 3 is 1.51 bits per heavy atom. The van der Waals surface area contributed by atoms with Crippen molar-refractivity contribution in [3.8, 4) is 0 Å². The number of carbonyl (C=O) groups is 1. The van der Waals surface area contributed by atoms with E-state index in [0.29, 0.717) is 6.61 Å². The first-order chi connectivity index (χ1) is 30.6. The zero-order chi connectivity index (χ0) is 44.3. The van der Waals surface area contributed by atoms with Crippen LogP contribution in [0.3, 0.4) is 0 Å². The molecule has 0 heterocycles. The van der Waals surface area contributed by atoms with Gasteiger partial charge in [-0.1, -0.05) is 111 Å². The van der Waals surface area contributed by atoms with Gasteiger partial charge < -0.3 is 19.3 Å². The molecule has 0 atom stereocenters. The van der Waals surface area contributed by atoms with E-state index in [0.717, 1.165) is 80.5 Å². The molecule has 0 saturated carbocycles. The van der Waals surface area contributed by atoms with Gasteiger partial charge in [-0.15, -0.1) is 0 Å². The number of carbonyl (C=O) groups excluding carboxylic acids is 1. The van der Waals surface area contributed by atoms with Gasteiger partial charge in [0.25, 0.3) is 0 Å². The summed E-state index contributed by atoms with van der Waals surface area (Å²) in [6.07, 6.45) is 6.51. The van der Waals surface area contributed by atoms with Gasteiger partial charge in [-0.25, -0.2) is 4.79 Å². The van der Waals surface area contributed by atoms with Crippen molar-refractivity contribution >= 4 is 57.8 Å². The van der Waals surface area contributed by atoms with E-state index in [1.54, 1.807) is 0 Å². The summed E-state index contributed by atoms with van der Waals surface area (Å²) in [6, 6.07) is 55.7. The zero-order valence-corrected chi connectivity index (χ0v) is 37.1. The van der Waals surface area contributed by atoms with Crippen LogP contribution in [0, 0.1) is 27.7 Å². The Morgan fingerprint density at radius 1 is 0.524 bits per heavy atom. The summed E-state index contributed by atoms with van der Waals surface area (Å²) >= 11 is 0. The number of benzene rings is 7. The van der Waals surface area contributed by atoms with Crippen LogP contribution in [-0.2, 0) is 27.5 Å². The van der Waals surface area contributed by atoms with Gasteiger partial charge in [0.15, 0.2) is 0 Å². The van der Waals surface area contributed by atoms with Crippen LogP contribution in [0.25, 0.3) is 17.7 Å². The SMILES string of the molecule is C=CC(=O)OCc1ccc(N(c2ccc(C(=C)c3cccc(C=Cc4ccc(N(c5ccc(COCCC)cc5)c5ccc(C)c(C)c5)cc4)c3)cc2)c2ccc(C)c(C)c2)cc1. The molecular weight excluding hydrogens is 773 g/mol. The topological polar surface area (TPSA) is 42.0 Å². The number of esters is 1. The summed E-state index contributed by atoms with van der Waals surface area (Å²) in [5.41, 5.74) is 18.7. The second-order valence-corrected chi connectivity index (χ2v) is 16.0. The Morgan fingerprint density at radius 2 is 1.00 bits per heavy atom. The number of nitrogens with zero attached hydrogens (tertiary/aromatic N) is 2. The molecule has 0 N–H and O–H groups in total. The predicted molar refractivity (Wildman–Crippen MR) is 265 cm³/mol. The third kappa shape index (κ3) is 11.0. The molecule has 7 aromatic rings. The van der Waals surface area contributed by atoms with Gasteiger partial charge in [-0.2, -0.15) is 0 Å². The van der Waals surface area contributed by atoms with Crippen LogP contribution >= 0.6 is 0 Å². The Labute approximate surface area is 373 Å². The second-order valence-electron chi connectivity index (χ2n) is 16.0. The first-order valence-electron chi connectivity index (χ1n) is 21.6. The molecule has 0 aliphatic carbocycles. The molecule has 0 aliphatic rings. The Balaban J connectivity index is 1.08. The molecule has 7 aromatic carbocycles. The van der Waals surface area contributed by atoms with Crippen molar-refractivity contribution in [3.05, 3.63) is 233 Å². The molecular formula is C58H56N2O3. The van der Waals surface area contributed by atoms with E-state index in [4.69, 9.17) is 9.47 Å². The van der Waals surface area contributed by atoms with E-state index >= 15 is 0 Å². The third-order valence-electron chi connectivity index (χ3n) is 11.4. The molecule has 5 heteroatoms. The Bertz CT molecular complexity index is 2710. The highest BCUT2D eigenvalue weighted by atomic mass is 16.5. The average Bonchev–Trinajstić information content (AvgIpc) is 3.31. The van der Waals surface area contributed by atoms with E-state index in [-0.39, 0.29) is 6.61 Å². The average molecular weight is 829 g/mol. The molecule has 0 bridgehead atoms. The summed E-state index contributed by atoms with van der Waals surface area (Å²) in [5, 5.41) is 0. The molecule has 0 amide bonds. The molecule has 316 valence electrons. The van der Waals surface area contributed by atoms with Gasteiger partial charge in [0.1, 0.15) is 6.61 Å². The van der Waals surface area contributed by atoms with Crippen molar-refractivity contribution in [3.63, 3.8) is 0 Å². The van der Waals surface area contributed by atoms with Crippen molar-refractivity contribution in [1.82, 2.24) is 0 Å². The van der Waals surface area contributed by atoms with Crippen molar-refractivity contribution in [1.29, 1.82) is 0 Å². The standard InChI is InChI=1S/C58H56N2O3/c1-8-35-62-39-48-19-29-53(30-20-48)59(56-25-13-41(3)43(5)36-56)52-27-17-46(18-28-52)15-16-47-11-10-12-51(38-47)45(7)50-23-33-55(34-24-50)60(57-26-14-42(4)44(6)37-57)54-31-21-49(22-32-54)40-63-58(61)9-2/h9-34,36-38H,2,7-8,35,39-40H2,1,3-6H3. The lowest BCUT2D eigenvalue weighted by atomic mass is 9.97. The van der Waals surface area contributed by atoms with E-state index in [9.17, 15) is 4.79 Å². The van der Waals surface area contributed by atoms with Crippen LogP contribution in [0.15, 0.2) is 177 Å². The molecule has 0 unspecified atom stereocenters. The van der Waals surface area contributed by atoms with Gasteiger partial charge in [0, 0.05) is 46.8 Å². The highest BCUT2D eigenvalue weighted by molar-refractivity contribution is 5.84. The van der Waals surface area contributed by atoms with Crippen LogP contribution in [0.2, 0.25) is 0 Å². The predicted octanol–water partition coefficient (Wildman–Crippen LogP) is 15.2. The monoisotopic (exact) mass is 828 g/mol. The van der Waals surface area contributed by atoms with E-state index in [1.807, 2.05) is 12.1 Å². The summed E-state index contributed by atoms with van der Waals surface area (Å²) in [5.74, 6) is -0.439. The smallest absolute Gasteiger partial charge is 0.330 e. The van der Waals surface area contributed by atoms with Crippen LogP contribution in [0.4, 0.5) is 34.1 Å². The number of aryl methyl sites for hydroxylation is 4. The maximum atomic E-state index is 11.6. The summed E-state index contributed by atoms with van der Waals surface area (Å²) in [4.78, 5) is 16.2. The quantitative estimate of drug-likeness (QED) is 0.0396. The molecule has 0 fully saturated rings.